The molecular formula is C32H31N5O2. The Morgan fingerprint density at radius 3 is 2.56 bits per heavy atom. The van der Waals surface area contributed by atoms with E-state index in [0.717, 1.165) is 71.4 Å². The highest BCUT2D eigenvalue weighted by Crippen LogP contribution is 2.35. The normalized spacial score (nSPS) is 17.3. The molecule has 7 heteroatoms. The molecule has 1 aliphatic heterocycles. The summed E-state index contributed by atoms with van der Waals surface area (Å²) in [6.07, 6.45) is 4.97. The van der Waals surface area contributed by atoms with E-state index in [-0.39, 0.29) is 11.8 Å². The topological polar surface area (TPSA) is 83.0 Å². The number of rotatable bonds is 6. The van der Waals surface area contributed by atoms with Gasteiger partial charge in [0.25, 0.3) is 5.91 Å². The van der Waals surface area contributed by atoms with Crippen LogP contribution in [0.4, 0.5) is 0 Å². The van der Waals surface area contributed by atoms with Crippen molar-refractivity contribution in [2.45, 2.75) is 25.8 Å². The number of nitrogens with one attached hydrogen (secondary N) is 2. The molecule has 3 heterocycles. The Hall–Kier alpha value is -4.39. The summed E-state index contributed by atoms with van der Waals surface area (Å²) in [5, 5.41) is 3.97. The predicted molar refractivity (Wildman–Crippen MR) is 153 cm³/mol. The third-order valence-electron chi connectivity index (χ3n) is 8.23. The van der Waals surface area contributed by atoms with Crippen molar-refractivity contribution in [3.05, 3.63) is 78.5 Å². The van der Waals surface area contributed by atoms with E-state index in [4.69, 9.17) is 4.98 Å². The van der Waals surface area contributed by atoms with Crippen LogP contribution in [0.2, 0.25) is 0 Å². The number of nitrogens with zero attached hydrogens (tertiary/aromatic N) is 3. The van der Waals surface area contributed by atoms with E-state index >= 15 is 0 Å². The highest BCUT2D eigenvalue weighted by molar-refractivity contribution is 6.05. The summed E-state index contributed by atoms with van der Waals surface area (Å²) in [5.41, 5.74) is 6.70. The SMILES string of the molecule is CNC(=O)c1cccc2nc(-c3ccc(-c4ccc5[nH]ccc5c4)cc3)n(C[C@H]3CCN(C(=O)C4CC4)C3)c12. The Labute approximate surface area is 226 Å². The largest absolute Gasteiger partial charge is 0.361 e. The lowest BCUT2D eigenvalue weighted by Gasteiger charge is -2.18. The van der Waals surface area contributed by atoms with Gasteiger partial charge in [0.2, 0.25) is 5.91 Å². The molecule has 2 aliphatic rings. The molecule has 1 aliphatic carbocycles. The number of H-pyrrole nitrogens is 1. The number of benzene rings is 3. The first-order chi connectivity index (χ1) is 19.1. The molecule has 1 saturated carbocycles. The van der Waals surface area contributed by atoms with Crippen LogP contribution in [0.25, 0.3) is 44.5 Å². The number of carbonyl (C=O) groups excluding carboxylic acids is 2. The number of amides is 2. The van der Waals surface area contributed by atoms with Crippen molar-refractivity contribution in [1.29, 1.82) is 0 Å². The molecule has 1 atom stereocenters. The van der Waals surface area contributed by atoms with Crippen LogP contribution < -0.4 is 5.32 Å². The number of hydrogen-bond donors (Lipinski definition) is 2. The van der Waals surface area contributed by atoms with Crippen LogP contribution in [0.3, 0.4) is 0 Å². The van der Waals surface area contributed by atoms with Crippen LogP contribution in [0.5, 0.6) is 0 Å². The summed E-state index contributed by atoms with van der Waals surface area (Å²) < 4.78 is 2.20. The van der Waals surface area contributed by atoms with Gasteiger partial charge >= 0.3 is 0 Å². The molecule has 1 saturated heterocycles. The van der Waals surface area contributed by atoms with Gasteiger partial charge in [-0.05, 0) is 72.0 Å². The molecule has 7 rings (SSSR count). The lowest BCUT2D eigenvalue weighted by molar-refractivity contribution is -0.131. The van der Waals surface area contributed by atoms with E-state index in [9.17, 15) is 9.59 Å². The van der Waals surface area contributed by atoms with Crippen molar-refractivity contribution in [3.63, 3.8) is 0 Å². The molecule has 5 aromatic rings. The molecular weight excluding hydrogens is 486 g/mol. The quantitative estimate of drug-likeness (QED) is 0.313. The predicted octanol–water partition coefficient (Wildman–Crippen LogP) is 5.47. The lowest BCUT2D eigenvalue weighted by Crippen LogP contribution is -2.30. The second-order valence-corrected chi connectivity index (χ2v) is 10.9. The minimum Gasteiger partial charge on any atom is -0.361 e. The van der Waals surface area contributed by atoms with Gasteiger partial charge in [-0.25, -0.2) is 4.98 Å². The third-order valence-corrected chi connectivity index (χ3v) is 8.23. The van der Waals surface area contributed by atoms with E-state index in [1.54, 1.807) is 7.05 Å². The smallest absolute Gasteiger partial charge is 0.253 e. The van der Waals surface area contributed by atoms with Crippen LogP contribution in [0.1, 0.15) is 29.6 Å². The van der Waals surface area contributed by atoms with Crippen LogP contribution >= 0.6 is 0 Å². The Morgan fingerprint density at radius 2 is 1.77 bits per heavy atom. The maximum Gasteiger partial charge on any atom is 0.253 e. The van der Waals surface area contributed by atoms with E-state index in [1.165, 1.54) is 5.39 Å². The molecule has 2 aromatic heterocycles. The van der Waals surface area contributed by atoms with Crippen molar-refractivity contribution >= 4 is 33.8 Å². The van der Waals surface area contributed by atoms with Gasteiger partial charge in [-0.3, -0.25) is 9.59 Å². The molecule has 3 aromatic carbocycles. The van der Waals surface area contributed by atoms with Gasteiger partial charge in [0.15, 0.2) is 0 Å². The van der Waals surface area contributed by atoms with Gasteiger partial charge in [-0.15, -0.1) is 0 Å². The molecule has 0 radical (unpaired) electrons. The second-order valence-electron chi connectivity index (χ2n) is 10.9. The maximum absolute atomic E-state index is 12.9. The number of aromatic nitrogens is 3. The van der Waals surface area contributed by atoms with Crippen LogP contribution in [-0.2, 0) is 11.3 Å². The standard InChI is InChI=1S/C32H31N5O2/c1-33-31(38)26-3-2-4-28-29(26)37(19-20-14-16-36(18-20)32(39)23-9-10-23)30(35-28)22-7-5-21(6-8-22)24-11-12-27-25(17-24)13-15-34-27/h2-8,11-13,15,17,20,23,34H,9-10,14,16,18-19H2,1H3,(H,33,38)/t20-/m0/s1. The van der Waals surface area contributed by atoms with Crippen molar-refractivity contribution in [2.24, 2.45) is 11.8 Å². The minimum absolute atomic E-state index is 0.124. The van der Waals surface area contributed by atoms with Crippen molar-refractivity contribution in [3.8, 4) is 22.5 Å². The first kappa shape index (κ1) is 23.7. The van der Waals surface area contributed by atoms with Crippen molar-refractivity contribution in [2.75, 3.05) is 20.1 Å². The average Bonchev–Trinajstić information content (AvgIpc) is 3.36. The number of para-hydroxylation sites is 1. The van der Waals surface area contributed by atoms with Gasteiger partial charge in [0.1, 0.15) is 5.82 Å². The fourth-order valence-corrected chi connectivity index (χ4v) is 5.97. The van der Waals surface area contributed by atoms with E-state index in [1.807, 2.05) is 29.3 Å². The highest BCUT2D eigenvalue weighted by Gasteiger charge is 2.37. The lowest BCUT2D eigenvalue weighted by atomic mass is 10.0. The Morgan fingerprint density at radius 1 is 0.974 bits per heavy atom. The Bertz CT molecular complexity index is 1710. The van der Waals surface area contributed by atoms with Crippen molar-refractivity contribution in [1.82, 2.24) is 24.8 Å². The molecule has 2 fully saturated rings. The molecule has 0 spiro atoms. The maximum atomic E-state index is 12.9. The monoisotopic (exact) mass is 517 g/mol. The molecule has 7 nitrogen and oxygen atoms in total. The molecule has 196 valence electrons. The van der Waals surface area contributed by atoms with Gasteiger partial charge in [0, 0.05) is 49.9 Å². The molecule has 2 amide bonds. The molecule has 2 N–H and O–H groups in total. The number of hydrogen-bond acceptors (Lipinski definition) is 3. The number of fused-ring (bicyclic) bond motifs is 2. The van der Waals surface area contributed by atoms with E-state index in [2.05, 4.69) is 63.4 Å². The van der Waals surface area contributed by atoms with Crippen LogP contribution in [0, 0.1) is 11.8 Å². The fraction of sp³-hybridized carbons (Fsp3) is 0.281. The Balaban J connectivity index is 1.26. The first-order valence-corrected chi connectivity index (χ1v) is 13.8. The van der Waals surface area contributed by atoms with E-state index in [0.29, 0.717) is 23.9 Å². The summed E-state index contributed by atoms with van der Waals surface area (Å²) in [5.74, 6) is 1.59. The number of carbonyl (C=O) groups is 2. The first-order valence-electron chi connectivity index (χ1n) is 13.8. The van der Waals surface area contributed by atoms with Gasteiger partial charge in [0.05, 0.1) is 16.6 Å². The summed E-state index contributed by atoms with van der Waals surface area (Å²) in [6.45, 7) is 2.28. The molecule has 39 heavy (non-hydrogen) atoms. The summed E-state index contributed by atoms with van der Waals surface area (Å²) >= 11 is 0. The van der Waals surface area contributed by atoms with Crippen molar-refractivity contribution < 1.29 is 9.59 Å². The zero-order valence-corrected chi connectivity index (χ0v) is 22.0. The second kappa shape index (κ2) is 9.42. The van der Waals surface area contributed by atoms with Gasteiger partial charge in [-0.2, -0.15) is 0 Å². The summed E-state index contributed by atoms with van der Waals surface area (Å²) in [7, 11) is 1.66. The van der Waals surface area contributed by atoms with E-state index < -0.39 is 0 Å². The van der Waals surface area contributed by atoms with Gasteiger partial charge < -0.3 is 19.8 Å². The Kier molecular flexibility index (Phi) is 5.72. The summed E-state index contributed by atoms with van der Waals surface area (Å²) in [4.78, 5) is 35.9. The van der Waals surface area contributed by atoms with Crippen LogP contribution in [-0.4, -0.2) is 51.4 Å². The van der Waals surface area contributed by atoms with Crippen LogP contribution in [0.15, 0.2) is 72.9 Å². The fourth-order valence-electron chi connectivity index (χ4n) is 5.97. The number of imidazole rings is 1. The molecule has 0 unspecified atom stereocenters. The number of likely N-dealkylation sites (tertiary alicyclic amines) is 1. The molecule has 0 bridgehead atoms. The third kappa shape index (κ3) is 4.28. The zero-order valence-electron chi connectivity index (χ0n) is 22.0. The van der Waals surface area contributed by atoms with Gasteiger partial charge in [-0.1, -0.05) is 36.4 Å². The summed E-state index contributed by atoms with van der Waals surface area (Å²) in [6, 6.07) is 22.8. The average molecular weight is 518 g/mol. The zero-order chi connectivity index (χ0) is 26.5. The number of aromatic amines is 1. The highest BCUT2D eigenvalue weighted by atomic mass is 16.2. The minimum atomic E-state index is -0.124.